The van der Waals surface area contributed by atoms with Crippen molar-refractivity contribution >= 4 is 68.0 Å². The van der Waals surface area contributed by atoms with Crippen molar-refractivity contribution in [3.05, 3.63) is 56.5 Å². The maximum atomic E-state index is 4.52. The normalized spacial score (nSPS) is 11.4. The predicted molar refractivity (Wildman–Crippen MR) is 117 cm³/mol. The van der Waals surface area contributed by atoms with Crippen molar-refractivity contribution in [3.63, 3.8) is 0 Å². The minimum atomic E-state index is 0.956. The van der Waals surface area contributed by atoms with Crippen LogP contribution >= 0.6 is 44.0 Å². The molecule has 7 heteroatoms. The first-order chi connectivity index (χ1) is 11.8. The Hall–Kier alpha value is -1.31. The third-order valence-electron chi connectivity index (χ3n) is 3.29. The van der Waals surface area contributed by atoms with E-state index in [1.54, 1.807) is 12.7 Å². The number of rotatable bonds is 6. The first kappa shape index (κ1) is 20.0. The summed E-state index contributed by atoms with van der Waals surface area (Å²) in [6.07, 6.45) is 3.60. The fourth-order valence-corrected chi connectivity index (χ4v) is 3.60. The fraction of sp³-hybridized carbons (Fsp3) is 0.222. The van der Waals surface area contributed by atoms with Crippen molar-refractivity contribution in [2.75, 3.05) is 14.1 Å². The zero-order valence-corrected chi connectivity index (χ0v) is 18.6. The van der Waals surface area contributed by atoms with Crippen molar-refractivity contribution in [1.82, 2.24) is 8.61 Å². The molecule has 0 aromatic heterocycles. The Morgan fingerprint density at radius 1 is 0.800 bits per heavy atom. The number of hydrogen-bond donors (Lipinski definition) is 0. The van der Waals surface area contributed by atoms with Crippen LogP contribution in [0.15, 0.2) is 55.3 Å². The number of hydrogen-bond acceptors (Lipinski definition) is 3. The molecule has 0 unspecified atom stereocenters. The number of halogens is 2. The van der Waals surface area contributed by atoms with E-state index in [4.69, 9.17) is 0 Å². The predicted octanol–water partition coefficient (Wildman–Crippen LogP) is 6.28. The standard InChI is InChI=1S/C18H20Br2N4S/c1-13-9-15(19)5-7-17(13)21-11-23(3)25-24(4)12-22-18-8-6-16(20)10-14(18)2/h5-12H,1-4H3/b21-11-,22-12-. The van der Waals surface area contributed by atoms with Crippen LogP contribution in [-0.4, -0.2) is 35.4 Å². The van der Waals surface area contributed by atoms with Crippen LogP contribution in [0.3, 0.4) is 0 Å². The van der Waals surface area contributed by atoms with Gasteiger partial charge < -0.3 is 0 Å². The number of aliphatic imine (C=N–C) groups is 2. The van der Waals surface area contributed by atoms with Gasteiger partial charge in [0.15, 0.2) is 0 Å². The summed E-state index contributed by atoms with van der Waals surface area (Å²) in [5.41, 5.74) is 4.17. The molecule has 0 spiro atoms. The van der Waals surface area contributed by atoms with Gasteiger partial charge in [0.1, 0.15) is 12.7 Å². The van der Waals surface area contributed by atoms with Crippen LogP contribution in [0.5, 0.6) is 0 Å². The minimum absolute atomic E-state index is 0.956. The average Bonchev–Trinajstić information content (AvgIpc) is 2.53. The monoisotopic (exact) mass is 482 g/mol. The Kier molecular flexibility index (Phi) is 7.53. The molecule has 0 radical (unpaired) electrons. The second-order valence-corrected chi connectivity index (χ2v) is 8.67. The molecule has 132 valence electrons. The van der Waals surface area contributed by atoms with E-state index >= 15 is 0 Å². The molecule has 0 bridgehead atoms. The third-order valence-corrected chi connectivity index (χ3v) is 4.98. The van der Waals surface area contributed by atoms with E-state index < -0.39 is 0 Å². The van der Waals surface area contributed by atoms with Crippen LogP contribution < -0.4 is 0 Å². The fourth-order valence-electron chi connectivity index (χ4n) is 2.06. The molecule has 0 aliphatic heterocycles. The summed E-state index contributed by atoms with van der Waals surface area (Å²) in [5, 5.41) is 0. The summed E-state index contributed by atoms with van der Waals surface area (Å²) in [7, 11) is 3.91. The van der Waals surface area contributed by atoms with Gasteiger partial charge in [-0.25, -0.2) is 9.98 Å². The van der Waals surface area contributed by atoms with Gasteiger partial charge in [-0.15, -0.1) is 0 Å². The Bertz CT molecular complexity index is 727. The second kappa shape index (κ2) is 9.40. The summed E-state index contributed by atoms with van der Waals surface area (Å²) >= 11 is 8.43. The maximum absolute atomic E-state index is 4.52. The number of nitrogens with zero attached hydrogens (tertiary/aromatic N) is 4. The van der Waals surface area contributed by atoms with Gasteiger partial charge in [0, 0.05) is 23.0 Å². The zero-order valence-electron chi connectivity index (χ0n) is 14.6. The quantitative estimate of drug-likeness (QED) is 0.275. The van der Waals surface area contributed by atoms with E-state index in [-0.39, 0.29) is 0 Å². The van der Waals surface area contributed by atoms with Crippen LogP contribution in [0, 0.1) is 13.8 Å². The molecule has 2 aromatic rings. The van der Waals surface area contributed by atoms with Gasteiger partial charge in [0.2, 0.25) is 0 Å². The van der Waals surface area contributed by atoms with Crippen LogP contribution in [-0.2, 0) is 0 Å². The highest BCUT2D eigenvalue weighted by molar-refractivity contribution is 9.10. The Labute approximate surface area is 170 Å². The van der Waals surface area contributed by atoms with E-state index in [9.17, 15) is 0 Å². The van der Waals surface area contributed by atoms with Crippen LogP contribution in [0.4, 0.5) is 11.4 Å². The van der Waals surface area contributed by atoms with E-state index in [0.717, 1.165) is 31.4 Å². The summed E-state index contributed by atoms with van der Waals surface area (Å²) in [6.45, 7) is 4.09. The van der Waals surface area contributed by atoms with Gasteiger partial charge in [-0.05, 0) is 61.4 Å². The second-order valence-electron chi connectivity index (χ2n) is 5.52. The Morgan fingerprint density at radius 3 is 1.56 bits per heavy atom. The summed E-state index contributed by atoms with van der Waals surface area (Å²) in [5.74, 6) is 0. The summed E-state index contributed by atoms with van der Waals surface area (Å²) < 4.78 is 5.99. The zero-order chi connectivity index (χ0) is 18.4. The molecule has 2 aromatic carbocycles. The lowest BCUT2D eigenvalue weighted by Gasteiger charge is -2.18. The first-order valence-electron chi connectivity index (χ1n) is 7.59. The van der Waals surface area contributed by atoms with Crippen molar-refractivity contribution in [2.45, 2.75) is 13.8 Å². The molecular weight excluding hydrogens is 464 g/mol. The van der Waals surface area contributed by atoms with Gasteiger partial charge in [0.05, 0.1) is 23.5 Å². The number of benzene rings is 2. The molecule has 25 heavy (non-hydrogen) atoms. The number of aryl methyl sites for hydroxylation is 2. The molecule has 0 aliphatic carbocycles. The Balaban J connectivity index is 1.94. The first-order valence-corrected chi connectivity index (χ1v) is 9.91. The van der Waals surface area contributed by atoms with Crippen LogP contribution in [0.1, 0.15) is 11.1 Å². The van der Waals surface area contributed by atoms with Crippen LogP contribution in [0.2, 0.25) is 0 Å². The molecule has 0 N–H and O–H groups in total. The smallest absolute Gasteiger partial charge is 0.102 e. The third kappa shape index (κ3) is 6.49. The molecule has 2 rings (SSSR count). The highest BCUT2D eigenvalue weighted by Gasteiger charge is 2.01. The molecular formula is C18H20Br2N4S. The largest absolute Gasteiger partial charge is 0.292 e. The van der Waals surface area contributed by atoms with E-state index in [2.05, 4.69) is 54.0 Å². The van der Waals surface area contributed by atoms with Gasteiger partial charge in [0.25, 0.3) is 0 Å². The molecule has 0 saturated carbocycles. The molecule has 0 fully saturated rings. The van der Waals surface area contributed by atoms with Crippen molar-refractivity contribution in [2.24, 2.45) is 9.98 Å². The van der Waals surface area contributed by atoms with Crippen molar-refractivity contribution < 1.29 is 0 Å². The lowest BCUT2D eigenvalue weighted by molar-refractivity contribution is 0.779. The van der Waals surface area contributed by atoms with Gasteiger partial charge in [-0.1, -0.05) is 31.9 Å². The summed E-state index contributed by atoms with van der Waals surface area (Å²) in [6, 6.07) is 12.1. The summed E-state index contributed by atoms with van der Waals surface area (Å²) in [4.78, 5) is 9.05. The van der Waals surface area contributed by atoms with E-state index in [1.165, 1.54) is 12.1 Å². The SMILES string of the molecule is Cc1cc(Br)ccc1/N=C\N(C)SN(C)/C=N\c1ccc(Br)cc1C. The van der Waals surface area contributed by atoms with Crippen LogP contribution in [0.25, 0.3) is 0 Å². The minimum Gasteiger partial charge on any atom is -0.292 e. The highest BCUT2D eigenvalue weighted by atomic mass is 79.9. The van der Waals surface area contributed by atoms with Gasteiger partial charge in [-0.3, -0.25) is 8.61 Å². The van der Waals surface area contributed by atoms with Gasteiger partial charge in [-0.2, -0.15) is 0 Å². The molecule has 0 aliphatic rings. The lowest BCUT2D eigenvalue weighted by Crippen LogP contribution is -2.16. The molecule has 0 amide bonds. The molecule has 4 nitrogen and oxygen atoms in total. The van der Waals surface area contributed by atoms with E-state index in [1.807, 2.05) is 60.8 Å². The van der Waals surface area contributed by atoms with Crippen molar-refractivity contribution in [1.29, 1.82) is 0 Å². The van der Waals surface area contributed by atoms with Crippen molar-refractivity contribution in [3.8, 4) is 0 Å². The molecule has 0 saturated heterocycles. The molecule has 0 atom stereocenters. The topological polar surface area (TPSA) is 31.2 Å². The maximum Gasteiger partial charge on any atom is 0.102 e. The lowest BCUT2D eigenvalue weighted by atomic mass is 10.2. The van der Waals surface area contributed by atoms with Gasteiger partial charge >= 0.3 is 0 Å². The highest BCUT2D eigenvalue weighted by Crippen LogP contribution is 2.24. The average molecular weight is 484 g/mol. The Morgan fingerprint density at radius 2 is 1.20 bits per heavy atom. The molecule has 0 heterocycles. The van der Waals surface area contributed by atoms with E-state index in [0.29, 0.717) is 0 Å².